The second-order valence-electron chi connectivity index (χ2n) is 5.53. The van der Waals surface area contributed by atoms with Gasteiger partial charge in [-0.25, -0.2) is 9.97 Å². The molecule has 1 saturated carbocycles. The lowest BCUT2D eigenvalue weighted by Gasteiger charge is -2.15. The van der Waals surface area contributed by atoms with Crippen molar-refractivity contribution in [3.8, 4) is 17.1 Å². The molecule has 3 heterocycles. The standard InChI is InChI=1S/C15H19N5O/c1-20-11-5-6-16-7-10(11)14(19-20)12-13(9-3-4-9)17-8-18-15(12)21-2/h8-9,16H,3-7H2,1-2H3/i1D3. The third-order valence-electron chi connectivity index (χ3n) is 4.17. The van der Waals surface area contributed by atoms with Crippen molar-refractivity contribution in [3.05, 3.63) is 23.3 Å². The zero-order valence-electron chi connectivity index (χ0n) is 14.9. The average molecular weight is 288 g/mol. The molecule has 4 rings (SSSR count). The van der Waals surface area contributed by atoms with Crippen LogP contribution in [0.15, 0.2) is 6.33 Å². The van der Waals surface area contributed by atoms with Crippen LogP contribution in [0.25, 0.3) is 11.3 Å². The molecule has 0 unspecified atom stereocenters. The number of hydrogen-bond donors (Lipinski definition) is 1. The minimum atomic E-state index is -2.30. The summed E-state index contributed by atoms with van der Waals surface area (Å²) in [4.78, 5) is 8.67. The first-order valence-electron chi connectivity index (χ1n) is 8.72. The van der Waals surface area contributed by atoms with Gasteiger partial charge in [-0.15, -0.1) is 0 Å². The average Bonchev–Trinajstić information content (AvgIpc) is 3.33. The molecule has 2 aromatic rings. The molecule has 6 nitrogen and oxygen atoms in total. The van der Waals surface area contributed by atoms with Crippen molar-refractivity contribution in [1.82, 2.24) is 25.1 Å². The van der Waals surface area contributed by atoms with Crippen LogP contribution < -0.4 is 10.1 Å². The largest absolute Gasteiger partial charge is 0.480 e. The first-order valence-corrected chi connectivity index (χ1v) is 7.22. The van der Waals surface area contributed by atoms with Crippen LogP contribution >= 0.6 is 0 Å². The number of methoxy groups -OCH3 is 1. The lowest BCUT2D eigenvalue weighted by Crippen LogP contribution is -2.24. The van der Waals surface area contributed by atoms with Gasteiger partial charge in [-0.2, -0.15) is 5.10 Å². The van der Waals surface area contributed by atoms with Crippen molar-refractivity contribution in [2.45, 2.75) is 31.7 Å². The molecule has 21 heavy (non-hydrogen) atoms. The maximum absolute atomic E-state index is 7.79. The zero-order chi connectivity index (χ0) is 16.9. The molecule has 1 aliphatic heterocycles. The van der Waals surface area contributed by atoms with E-state index in [1.165, 1.54) is 11.0 Å². The number of nitrogens with zero attached hydrogens (tertiary/aromatic N) is 4. The topological polar surface area (TPSA) is 64.9 Å². The third kappa shape index (κ3) is 2.01. The maximum atomic E-state index is 7.79. The van der Waals surface area contributed by atoms with Crippen LogP contribution in [0.4, 0.5) is 0 Å². The van der Waals surface area contributed by atoms with E-state index in [0.29, 0.717) is 30.5 Å². The van der Waals surface area contributed by atoms with E-state index in [9.17, 15) is 0 Å². The van der Waals surface area contributed by atoms with Crippen LogP contribution in [-0.2, 0) is 19.9 Å². The van der Waals surface area contributed by atoms with Crippen LogP contribution in [0, 0.1) is 0 Å². The molecule has 6 heteroatoms. The lowest BCUT2D eigenvalue weighted by molar-refractivity contribution is 0.397. The van der Waals surface area contributed by atoms with Crippen LogP contribution in [0.5, 0.6) is 5.88 Å². The molecule has 0 amide bonds. The highest BCUT2D eigenvalue weighted by atomic mass is 16.5. The predicted octanol–water partition coefficient (Wildman–Crippen LogP) is 1.41. The Hall–Kier alpha value is -1.95. The smallest absolute Gasteiger partial charge is 0.226 e. The number of hydrogen-bond acceptors (Lipinski definition) is 5. The number of aryl methyl sites for hydroxylation is 1. The van der Waals surface area contributed by atoms with Gasteiger partial charge < -0.3 is 10.1 Å². The Kier molecular flexibility index (Phi) is 2.26. The van der Waals surface area contributed by atoms with Gasteiger partial charge in [-0.3, -0.25) is 4.68 Å². The first kappa shape index (κ1) is 9.89. The fourth-order valence-corrected chi connectivity index (χ4v) is 2.97. The Balaban J connectivity index is 1.96. The van der Waals surface area contributed by atoms with E-state index in [-0.39, 0.29) is 0 Å². The van der Waals surface area contributed by atoms with Gasteiger partial charge in [0.1, 0.15) is 12.0 Å². The fourth-order valence-electron chi connectivity index (χ4n) is 2.97. The van der Waals surface area contributed by atoms with E-state index in [4.69, 9.17) is 8.85 Å². The molecule has 0 bridgehead atoms. The van der Waals surface area contributed by atoms with Gasteiger partial charge in [0, 0.05) is 47.8 Å². The second-order valence-corrected chi connectivity index (χ2v) is 5.53. The summed E-state index contributed by atoms with van der Waals surface area (Å²) in [5, 5.41) is 7.77. The van der Waals surface area contributed by atoms with Crippen LogP contribution in [0.2, 0.25) is 0 Å². The van der Waals surface area contributed by atoms with E-state index >= 15 is 0 Å². The monoisotopic (exact) mass is 288 g/mol. The van der Waals surface area contributed by atoms with E-state index in [1.807, 2.05) is 0 Å². The summed E-state index contributed by atoms with van der Waals surface area (Å²) >= 11 is 0. The number of rotatable bonds is 3. The molecule has 0 aromatic carbocycles. The molecule has 0 saturated heterocycles. The van der Waals surface area contributed by atoms with Gasteiger partial charge in [0.25, 0.3) is 0 Å². The molecule has 1 fully saturated rings. The summed E-state index contributed by atoms with van der Waals surface area (Å²) in [7, 11) is 1.56. The minimum absolute atomic E-state index is 0.377. The molecule has 0 atom stereocenters. The Morgan fingerprint density at radius 2 is 2.33 bits per heavy atom. The Morgan fingerprint density at radius 1 is 1.43 bits per heavy atom. The van der Waals surface area contributed by atoms with Gasteiger partial charge in [0.2, 0.25) is 5.88 Å². The minimum Gasteiger partial charge on any atom is -0.480 e. The summed E-state index contributed by atoms with van der Waals surface area (Å²) in [6, 6.07) is 0. The normalized spacial score (nSPS) is 20.3. The zero-order valence-corrected chi connectivity index (χ0v) is 11.9. The maximum Gasteiger partial charge on any atom is 0.226 e. The van der Waals surface area contributed by atoms with E-state index in [1.54, 1.807) is 7.11 Å². The highest BCUT2D eigenvalue weighted by Crippen LogP contribution is 2.46. The fraction of sp³-hybridized carbons (Fsp3) is 0.533. The quantitative estimate of drug-likeness (QED) is 0.925. The summed E-state index contributed by atoms with van der Waals surface area (Å²) in [5.74, 6) is 0.831. The van der Waals surface area contributed by atoms with Crippen molar-refractivity contribution in [2.24, 2.45) is 6.98 Å². The SMILES string of the molecule is [2H]C([2H])([2H])n1nc(-c2c(OC)ncnc2C2CC2)c2c1CCNC2. The van der Waals surface area contributed by atoms with E-state index < -0.39 is 6.98 Å². The van der Waals surface area contributed by atoms with Crippen molar-refractivity contribution in [2.75, 3.05) is 13.7 Å². The van der Waals surface area contributed by atoms with Gasteiger partial charge in [0.15, 0.2) is 0 Å². The first-order chi connectivity index (χ1) is 11.5. The van der Waals surface area contributed by atoms with E-state index in [0.717, 1.165) is 41.9 Å². The Bertz CT molecular complexity index is 782. The van der Waals surface area contributed by atoms with Crippen molar-refractivity contribution >= 4 is 0 Å². The third-order valence-corrected chi connectivity index (χ3v) is 4.17. The molecule has 0 spiro atoms. The number of aromatic nitrogens is 4. The second kappa shape index (κ2) is 4.80. The molecule has 0 radical (unpaired) electrons. The van der Waals surface area contributed by atoms with Crippen molar-refractivity contribution in [3.63, 3.8) is 0 Å². The highest BCUT2D eigenvalue weighted by molar-refractivity contribution is 5.72. The van der Waals surface area contributed by atoms with Crippen molar-refractivity contribution < 1.29 is 8.85 Å². The van der Waals surface area contributed by atoms with Gasteiger partial charge >= 0.3 is 0 Å². The van der Waals surface area contributed by atoms with E-state index in [2.05, 4.69) is 20.4 Å². The Labute approximate surface area is 127 Å². The van der Waals surface area contributed by atoms with Crippen LogP contribution in [0.1, 0.15) is 39.8 Å². The summed E-state index contributed by atoms with van der Waals surface area (Å²) in [6.07, 6.45) is 4.29. The molecular formula is C15H19N5O. The lowest BCUT2D eigenvalue weighted by atomic mass is 10.00. The number of ether oxygens (including phenoxy) is 1. The predicted molar refractivity (Wildman–Crippen MR) is 78.2 cm³/mol. The van der Waals surface area contributed by atoms with Gasteiger partial charge in [0.05, 0.1) is 18.4 Å². The summed E-state index contributed by atoms with van der Waals surface area (Å²) < 4.78 is 30.0. The summed E-state index contributed by atoms with van der Waals surface area (Å²) in [5.41, 5.74) is 3.95. The van der Waals surface area contributed by atoms with Gasteiger partial charge in [-0.05, 0) is 12.8 Å². The molecule has 1 N–H and O–H groups in total. The highest BCUT2D eigenvalue weighted by Gasteiger charge is 2.33. The van der Waals surface area contributed by atoms with Crippen LogP contribution in [0.3, 0.4) is 0 Å². The molecule has 2 aliphatic rings. The number of fused-ring (bicyclic) bond motifs is 1. The van der Waals surface area contributed by atoms with Crippen LogP contribution in [-0.4, -0.2) is 33.4 Å². The molecular weight excluding hydrogens is 266 g/mol. The van der Waals surface area contributed by atoms with Gasteiger partial charge in [-0.1, -0.05) is 0 Å². The Morgan fingerprint density at radius 3 is 3.10 bits per heavy atom. The number of nitrogens with one attached hydrogen (secondary N) is 1. The molecule has 110 valence electrons. The molecule has 2 aromatic heterocycles. The summed E-state index contributed by atoms with van der Waals surface area (Å²) in [6.45, 7) is -0.975. The molecule has 1 aliphatic carbocycles. The van der Waals surface area contributed by atoms with Crippen molar-refractivity contribution in [1.29, 1.82) is 0 Å².